The van der Waals surface area contributed by atoms with Crippen LogP contribution in [0, 0.1) is 0 Å². The number of rotatable bonds is 41. The van der Waals surface area contributed by atoms with E-state index in [-0.39, 0.29) is 12.5 Å². The van der Waals surface area contributed by atoms with Gasteiger partial charge in [-0.2, -0.15) is 0 Å². The van der Waals surface area contributed by atoms with Gasteiger partial charge in [0.25, 0.3) is 0 Å². The van der Waals surface area contributed by atoms with Crippen LogP contribution in [0.1, 0.15) is 251 Å². The molecule has 2 atom stereocenters. The molecule has 0 fully saturated rings. The van der Waals surface area contributed by atoms with Crippen LogP contribution in [0.4, 0.5) is 0 Å². The molecule has 0 spiro atoms. The highest BCUT2D eigenvalue weighted by Gasteiger charge is 2.17. The predicted molar refractivity (Wildman–Crippen MR) is 216 cm³/mol. The van der Waals surface area contributed by atoms with Gasteiger partial charge in [0.2, 0.25) is 5.91 Å². The first kappa shape index (κ1) is 48.1. The van der Waals surface area contributed by atoms with Crippen LogP contribution in [0.2, 0.25) is 0 Å². The summed E-state index contributed by atoms with van der Waals surface area (Å²) in [6.07, 6.45) is 51.9. The van der Waals surface area contributed by atoms with Crippen LogP contribution in [0.5, 0.6) is 0 Å². The molecular formula is C45H89NO3. The highest BCUT2D eigenvalue weighted by Crippen LogP contribution is 2.16. The van der Waals surface area contributed by atoms with Crippen molar-refractivity contribution in [1.82, 2.24) is 5.32 Å². The number of unbranched alkanes of at least 4 members (excludes halogenated alkanes) is 34. The second kappa shape index (κ2) is 41.5. The predicted octanol–water partition coefficient (Wildman–Crippen LogP) is 13.9. The number of carbonyl (C=O) groups excluding carboxylic acids is 1. The molecule has 49 heavy (non-hydrogen) atoms. The van der Waals surface area contributed by atoms with Crippen LogP contribution in [0.15, 0.2) is 12.2 Å². The van der Waals surface area contributed by atoms with Crippen molar-refractivity contribution in [3.63, 3.8) is 0 Å². The first-order valence-electron chi connectivity index (χ1n) is 22.4. The minimum absolute atomic E-state index is 0.0625. The summed E-state index contributed by atoms with van der Waals surface area (Å²) < 4.78 is 0. The smallest absolute Gasteiger partial charge is 0.220 e. The van der Waals surface area contributed by atoms with E-state index < -0.39 is 12.1 Å². The van der Waals surface area contributed by atoms with Gasteiger partial charge in [-0.3, -0.25) is 4.79 Å². The third-order valence-electron chi connectivity index (χ3n) is 10.5. The van der Waals surface area contributed by atoms with Crippen molar-refractivity contribution in [3.8, 4) is 0 Å². The van der Waals surface area contributed by atoms with E-state index in [0.29, 0.717) is 6.42 Å². The number of amides is 1. The van der Waals surface area contributed by atoms with Crippen LogP contribution in [-0.2, 0) is 4.79 Å². The van der Waals surface area contributed by atoms with Gasteiger partial charge < -0.3 is 15.5 Å². The zero-order chi connectivity index (χ0) is 35.7. The monoisotopic (exact) mass is 692 g/mol. The molecule has 1 amide bonds. The molecule has 0 saturated carbocycles. The summed E-state index contributed by atoms with van der Waals surface area (Å²) in [5.74, 6) is -0.0625. The SMILES string of the molecule is CCCCCCCCCCCCCCCCCCCCCCCCCC/C=C/C(O)C(CO)NC(=O)CCCCCCCCCCCCC. The highest BCUT2D eigenvalue weighted by molar-refractivity contribution is 5.76. The molecule has 0 saturated heterocycles. The van der Waals surface area contributed by atoms with Crippen molar-refractivity contribution in [2.45, 2.75) is 264 Å². The third kappa shape index (κ3) is 38.2. The van der Waals surface area contributed by atoms with Crippen LogP contribution >= 0.6 is 0 Å². The first-order valence-corrected chi connectivity index (χ1v) is 22.4. The number of carbonyl (C=O) groups is 1. The first-order chi connectivity index (χ1) is 24.2. The van der Waals surface area contributed by atoms with Gasteiger partial charge in [0, 0.05) is 6.42 Å². The van der Waals surface area contributed by atoms with Crippen molar-refractivity contribution in [2.75, 3.05) is 6.61 Å². The molecule has 292 valence electrons. The Morgan fingerprint density at radius 1 is 0.469 bits per heavy atom. The average molecular weight is 692 g/mol. The summed E-state index contributed by atoms with van der Waals surface area (Å²) in [4.78, 5) is 12.3. The van der Waals surface area contributed by atoms with Crippen LogP contribution < -0.4 is 5.32 Å². The van der Waals surface area contributed by atoms with Crippen LogP contribution in [0.3, 0.4) is 0 Å². The number of hydrogen-bond donors (Lipinski definition) is 3. The zero-order valence-corrected chi connectivity index (χ0v) is 33.5. The van der Waals surface area contributed by atoms with E-state index in [2.05, 4.69) is 19.2 Å². The van der Waals surface area contributed by atoms with E-state index in [0.717, 1.165) is 25.7 Å². The summed E-state index contributed by atoms with van der Waals surface area (Å²) >= 11 is 0. The minimum atomic E-state index is -0.833. The Hall–Kier alpha value is -0.870. The standard InChI is InChI=1S/C45H89NO3/c1-3-5-7-9-11-13-15-16-17-18-19-20-21-22-23-24-25-26-27-28-29-31-32-34-36-38-40-44(48)43(42-47)46-45(49)41-39-37-35-33-30-14-12-10-8-6-4-2/h38,40,43-44,47-48H,3-37,39,41-42H2,1-2H3,(H,46,49)/b40-38+. The largest absolute Gasteiger partial charge is 0.394 e. The lowest BCUT2D eigenvalue weighted by Crippen LogP contribution is -2.45. The number of nitrogens with one attached hydrogen (secondary N) is 1. The lowest BCUT2D eigenvalue weighted by atomic mass is 10.0. The molecule has 0 aliphatic rings. The molecule has 0 aromatic heterocycles. The maximum Gasteiger partial charge on any atom is 0.220 e. The van der Waals surface area contributed by atoms with E-state index in [1.165, 1.54) is 205 Å². The molecule has 0 aromatic carbocycles. The number of aliphatic hydroxyl groups is 2. The van der Waals surface area contributed by atoms with E-state index in [9.17, 15) is 15.0 Å². The zero-order valence-electron chi connectivity index (χ0n) is 33.5. The second-order valence-corrected chi connectivity index (χ2v) is 15.5. The Morgan fingerprint density at radius 3 is 1.06 bits per heavy atom. The molecule has 0 bridgehead atoms. The second-order valence-electron chi connectivity index (χ2n) is 15.5. The van der Waals surface area contributed by atoms with Gasteiger partial charge in [-0.05, 0) is 19.3 Å². The quantitative estimate of drug-likeness (QED) is 0.0441. The number of aliphatic hydroxyl groups excluding tert-OH is 2. The molecule has 4 heteroatoms. The lowest BCUT2D eigenvalue weighted by Gasteiger charge is -2.20. The van der Waals surface area contributed by atoms with Crippen molar-refractivity contribution >= 4 is 5.91 Å². The van der Waals surface area contributed by atoms with Gasteiger partial charge in [0.15, 0.2) is 0 Å². The molecule has 0 aliphatic heterocycles. The Labute approximate surface area is 307 Å². The van der Waals surface area contributed by atoms with Gasteiger partial charge >= 0.3 is 0 Å². The Kier molecular flexibility index (Phi) is 40.8. The summed E-state index contributed by atoms with van der Waals surface area (Å²) in [6, 6.07) is -0.615. The Balaban J connectivity index is 3.46. The van der Waals surface area contributed by atoms with Crippen molar-refractivity contribution in [2.24, 2.45) is 0 Å². The third-order valence-corrected chi connectivity index (χ3v) is 10.5. The van der Waals surface area contributed by atoms with Gasteiger partial charge in [0.05, 0.1) is 18.8 Å². The summed E-state index contributed by atoms with van der Waals surface area (Å²) in [5, 5.41) is 23.0. The molecule has 3 N–H and O–H groups in total. The molecule has 0 radical (unpaired) electrons. The maximum atomic E-state index is 12.3. The average Bonchev–Trinajstić information content (AvgIpc) is 3.10. The van der Waals surface area contributed by atoms with Gasteiger partial charge in [-0.25, -0.2) is 0 Å². The summed E-state index contributed by atoms with van der Waals surface area (Å²) in [6.45, 7) is 4.31. The van der Waals surface area contributed by atoms with Crippen molar-refractivity contribution < 1.29 is 15.0 Å². The molecule has 0 aliphatic carbocycles. The summed E-state index contributed by atoms with van der Waals surface area (Å²) in [7, 11) is 0. The molecule has 0 rings (SSSR count). The van der Waals surface area contributed by atoms with E-state index in [4.69, 9.17) is 0 Å². The highest BCUT2D eigenvalue weighted by atomic mass is 16.3. The van der Waals surface area contributed by atoms with Crippen LogP contribution in [-0.4, -0.2) is 34.9 Å². The van der Waals surface area contributed by atoms with Gasteiger partial charge in [-0.1, -0.05) is 238 Å². The molecule has 0 aromatic rings. The fourth-order valence-electron chi connectivity index (χ4n) is 7.06. The number of allylic oxidation sites excluding steroid dienone is 1. The molecule has 0 heterocycles. The maximum absolute atomic E-state index is 12.3. The number of hydrogen-bond acceptors (Lipinski definition) is 3. The van der Waals surface area contributed by atoms with Crippen LogP contribution in [0.25, 0.3) is 0 Å². The molecular weight excluding hydrogens is 602 g/mol. The van der Waals surface area contributed by atoms with Crippen molar-refractivity contribution in [1.29, 1.82) is 0 Å². The minimum Gasteiger partial charge on any atom is -0.394 e. The van der Waals surface area contributed by atoms with Gasteiger partial charge in [0.1, 0.15) is 0 Å². The lowest BCUT2D eigenvalue weighted by molar-refractivity contribution is -0.123. The molecule has 4 nitrogen and oxygen atoms in total. The van der Waals surface area contributed by atoms with E-state index in [1.54, 1.807) is 6.08 Å². The molecule has 2 unspecified atom stereocenters. The normalized spacial score (nSPS) is 13.0. The summed E-state index contributed by atoms with van der Waals surface area (Å²) in [5.41, 5.74) is 0. The Morgan fingerprint density at radius 2 is 0.755 bits per heavy atom. The van der Waals surface area contributed by atoms with Crippen molar-refractivity contribution in [3.05, 3.63) is 12.2 Å². The topological polar surface area (TPSA) is 69.6 Å². The van der Waals surface area contributed by atoms with E-state index >= 15 is 0 Å². The van der Waals surface area contributed by atoms with Gasteiger partial charge in [-0.15, -0.1) is 0 Å². The fraction of sp³-hybridized carbons (Fsp3) is 0.933. The van der Waals surface area contributed by atoms with E-state index in [1.807, 2.05) is 6.08 Å². The fourth-order valence-corrected chi connectivity index (χ4v) is 7.06. The Bertz CT molecular complexity index is 666.